The number of benzene rings is 2. The van der Waals surface area contributed by atoms with E-state index in [2.05, 4.69) is 15.3 Å². The summed E-state index contributed by atoms with van der Waals surface area (Å²) in [6.45, 7) is 2.50. The lowest BCUT2D eigenvalue weighted by Gasteiger charge is -2.14. The van der Waals surface area contributed by atoms with Gasteiger partial charge in [0.2, 0.25) is 0 Å². The van der Waals surface area contributed by atoms with Gasteiger partial charge in [-0.2, -0.15) is 0 Å². The number of rotatable bonds is 9. The van der Waals surface area contributed by atoms with Gasteiger partial charge < -0.3 is 25.5 Å². The lowest BCUT2D eigenvalue weighted by atomic mass is 10.00. The van der Waals surface area contributed by atoms with E-state index < -0.39 is 5.97 Å². The van der Waals surface area contributed by atoms with Gasteiger partial charge in [-0.25, -0.2) is 4.98 Å². The van der Waals surface area contributed by atoms with Crippen LogP contribution in [0, 0.1) is 0 Å². The molecule has 1 atom stereocenters. The number of nitrogens with two attached hydrogens (primary N) is 1. The number of aromatic nitrogens is 2. The number of hydrogen-bond acceptors (Lipinski definition) is 6. The number of ether oxygens (including phenoxy) is 2. The molecule has 0 saturated heterocycles. The summed E-state index contributed by atoms with van der Waals surface area (Å²) in [5, 5.41) is 3.81. The summed E-state index contributed by atoms with van der Waals surface area (Å²) in [6.07, 6.45) is 1.45. The summed E-state index contributed by atoms with van der Waals surface area (Å²) in [5.41, 5.74) is 10.7. The van der Waals surface area contributed by atoms with Crippen molar-refractivity contribution in [1.82, 2.24) is 9.97 Å². The second-order valence-corrected chi connectivity index (χ2v) is 8.24. The minimum absolute atomic E-state index is 0.0186. The molecule has 4 N–H and O–H groups in total. The summed E-state index contributed by atoms with van der Waals surface area (Å²) in [7, 11) is 1.55. The Bertz CT molecular complexity index is 1350. The fraction of sp³-hybridized carbons (Fsp3) is 0.222. The number of methoxy groups -OCH3 is 1. The first-order valence-electron chi connectivity index (χ1n) is 11.3. The predicted octanol–water partition coefficient (Wildman–Crippen LogP) is 4.06. The molecule has 0 radical (unpaired) electrons. The smallest absolute Gasteiger partial charge is 0.310 e. The molecule has 1 amide bonds. The number of hydrogen-bond donors (Lipinski definition) is 3. The number of H-pyrrole nitrogens is 1. The minimum atomic E-state index is -0.399. The minimum Gasteiger partial charge on any atom is -0.460 e. The average Bonchev–Trinajstić information content (AvgIpc) is 3.33. The Labute approximate surface area is 203 Å². The van der Waals surface area contributed by atoms with E-state index in [9.17, 15) is 9.59 Å². The number of amides is 1. The zero-order valence-corrected chi connectivity index (χ0v) is 19.7. The van der Waals surface area contributed by atoms with Gasteiger partial charge in [-0.3, -0.25) is 9.59 Å². The van der Waals surface area contributed by atoms with Crippen molar-refractivity contribution in [3.05, 3.63) is 83.7 Å². The van der Waals surface area contributed by atoms with Gasteiger partial charge in [0.05, 0.1) is 13.0 Å². The van der Waals surface area contributed by atoms with Crippen LogP contribution < -0.4 is 11.1 Å². The van der Waals surface area contributed by atoms with Crippen molar-refractivity contribution in [2.45, 2.75) is 26.0 Å². The van der Waals surface area contributed by atoms with Crippen LogP contribution in [0.1, 0.15) is 28.5 Å². The molecule has 0 aliphatic heterocycles. The predicted molar refractivity (Wildman–Crippen MR) is 135 cm³/mol. The van der Waals surface area contributed by atoms with E-state index in [4.69, 9.17) is 15.2 Å². The summed E-state index contributed by atoms with van der Waals surface area (Å²) in [6, 6.07) is 18.7. The van der Waals surface area contributed by atoms with Gasteiger partial charge in [0.1, 0.15) is 17.4 Å². The van der Waals surface area contributed by atoms with E-state index in [1.165, 1.54) is 0 Å². The highest BCUT2D eigenvalue weighted by Gasteiger charge is 2.17. The fourth-order valence-corrected chi connectivity index (χ4v) is 3.93. The first kappa shape index (κ1) is 24.1. The third kappa shape index (κ3) is 5.74. The molecular formula is C27H28N4O4. The molecular weight excluding hydrogens is 444 g/mol. The third-order valence-electron chi connectivity index (χ3n) is 5.57. The largest absolute Gasteiger partial charge is 0.460 e. The first-order valence-corrected chi connectivity index (χ1v) is 11.3. The van der Waals surface area contributed by atoms with Crippen LogP contribution in [-0.2, 0) is 27.2 Å². The number of fused-ring (bicyclic) bond motifs is 1. The van der Waals surface area contributed by atoms with E-state index in [0.29, 0.717) is 30.0 Å². The lowest BCUT2D eigenvalue weighted by Crippen LogP contribution is -2.21. The van der Waals surface area contributed by atoms with Crippen LogP contribution in [0.15, 0.2) is 66.9 Å². The Morgan fingerprint density at radius 1 is 1.11 bits per heavy atom. The topological polar surface area (TPSA) is 119 Å². The molecule has 35 heavy (non-hydrogen) atoms. The van der Waals surface area contributed by atoms with Gasteiger partial charge in [-0.15, -0.1) is 0 Å². The molecule has 4 rings (SSSR count). The van der Waals surface area contributed by atoms with Crippen molar-refractivity contribution in [1.29, 1.82) is 0 Å². The molecule has 0 spiro atoms. The highest BCUT2D eigenvalue weighted by atomic mass is 16.6. The Morgan fingerprint density at radius 2 is 1.94 bits per heavy atom. The molecule has 0 fully saturated rings. The van der Waals surface area contributed by atoms with Gasteiger partial charge >= 0.3 is 5.97 Å². The van der Waals surface area contributed by atoms with Gasteiger partial charge in [0, 0.05) is 30.9 Å². The van der Waals surface area contributed by atoms with Crippen LogP contribution >= 0.6 is 0 Å². The van der Waals surface area contributed by atoms with Gasteiger partial charge in [0.25, 0.3) is 5.91 Å². The Hall–Kier alpha value is -4.01. The van der Waals surface area contributed by atoms with Crippen molar-refractivity contribution in [3.63, 3.8) is 0 Å². The number of carbonyl (C=O) groups excluding carboxylic acids is 2. The molecule has 8 heteroatoms. The van der Waals surface area contributed by atoms with E-state index in [0.717, 1.165) is 22.1 Å². The summed E-state index contributed by atoms with van der Waals surface area (Å²) >= 11 is 0. The first-order chi connectivity index (χ1) is 17.0. The number of carbonyl (C=O) groups is 2. The fourth-order valence-electron chi connectivity index (χ4n) is 3.93. The van der Waals surface area contributed by atoms with Gasteiger partial charge in [-0.05, 0) is 53.4 Å². The highest BCUT2D eigenvalue weighted by molar-refractivity contribution is 6.07. The zero-order chi connectivity index (χ0) is 24.8. The molecule has 0 saturated carbocycles. The Balaban J connectivity index is 1.60. The highest BCUT2D eigenvalue weighted by Crippen LogP contribution is 2.29. The molecule has 2 aromatic carbocycles. The number of para-hydroxylation sites is 1. The summed E-state index contributed by atoms with van der Waals surface area (Å²) in [5.74, 6) is -0.782. The number of pyridine rings is 1. The number of aromatic amines is 1. The Kier molecular flexibility index (Phi) is 7.54. The van der Waals surface area contributed by atoms with E-state index in [1.54, 1.807) is 44.5 Å². The normalized spacial score (nSPS) is 11.9. The lowest BCUT2D eigenvalue weighted by molar-refractivity contribution is -0.149. The summed E-state index contributed by atoms with van der Waals surface area (Å²) in [4.78, 5) is 33.2. The van der Waals surface area contributed by atoms with Crippen LogP contribution in [0.2, 0.25) is 0 Å². The molecule has 0 bridgehead atoms. The van der Waals surface area contributed by atoms with Crippen molar-refractivity contribution < 1.29 is 19.1 Å². The molecule has 0 aliphatic rings. The molecule has 0 aliphatic carbocycles. The molecule has 4 aromatic rings. The maximum absolute atomic E-state index is 13.2. The number of esters is 1. The molecule has 8 nitrogen and oxygen atoms in total. The van der Waals surface area contributed by atoms with Crippen molar-refractivity contribution in [3.8, 4) is 11.1 Å². The van der Waals surface area contributed by atoms with Crippen molar-refractivity contribution in [2.75, 3.05) is 19.0 Å². The molecule has 2 heterocycles. The van der Waals surface area contributed by atoms with E-state index >= 15 is 0 Å². The van der Waals surface area contributed by atoms with Crippen molar-refractivity contribution in [2.24, 2.45) is 5.73 Å². The number of anilines is 1. The van der Waals surface area contributed by atoms with Crippen LogP contribution in [0.25, 0.3) is 22.2 Å². The molecule has 1 unspecified atom stereocenters. The second-order valence-electron chi connectivity index (χ2n) is 8.24. The maximum atomic E-state index is 13.2. The number of nitrogens with one attached hydrogen (secondary N) is 2. The quantitative estimate of drug-likeness (QED) is 0.316. The van der Waals surface area contributed by atoms with Crippen molar-refractivity contribution >= 4 is 28.6 Å². The maximum Gasteiger partial charge on any atom is 0.310 e. The van der Waals surface area contributed by atoms with E-state index in [-0.39, 0.29) is 24.1 Å². The molecule has 180 valence electrons. The zero-order valence-electron chi connectivity index (χ0n) is 19.7. The van der Waals surface area contributed by atoms with Gasteiger partial charge in [-0.1, -0.05) is 36.4 Å². The standard InChI is InChI=1S/C27H28N4O4/c1-17(16-34-2)35-25(32)13-20-7-3-4-9-23(20)31-27(33)24-14-22(21-10-11-29-26(21)30-24)19-8-5-6-18(12-19)15-28/h3-12,14,17H,13,15-16,28H2,1-2H3,(H,29,30)(H,31,33). The molecule has 2 aromatic heterocycles. The SMILES string of the molecule is COCC(C)OC(=O)Cc1ccccc1NC(=O)c1cc(-c2cccc(CN)c2)c2cc[nH]c2n1. The summed E-state index contributed by atoms with van der Waals surface area (Å²) < 4.78 is 10.4. The van der Waals surface area contributed by atoms with E-state index in [1.807, 2.05) is 36.4 Å². The number of nitrogens with zero attached hydrogens (tertiary/aromatic N) is 1. The van der Waals surface area contributed by atoms with Crippen LogP contribution in [-0.4, -0.2) is 41.7 Å². The van der Waals surface area contributed by atoms with Crippen LogP contribution in [0.4, 0.5) is 5.69 Å². The Morgan fingerprint density at radius 3 is 2.74 bits per heavy atom. The van der Waals surface area contributed by atoms with Crippen LogP contribution in [0.5, 0.6) is 0 Å². The van der Waals surface area contributed by atoms with Gasteiger partial charge in [0.15, 0.2) is 0 Å². The monoisotopic (exact) mass is 472 g/mol. The second kappa shape index (κ2) is 10.9. The third-order valence-corrected chi connectivity index (χ3v) is 5.57. The van der Waals surface area contributed by atoms with Crippen LogP contribution in [0.3, 0.4) is 0 Å². The average molecular weight is 473 g/mol.